The normalized spacial score (nSPS) is 29.8. The second kappa shape index (κ2) is 6.64. The summed E-state index contributed by atoms with van der Waals surface area (Å²) in [6.45, 7) is 6.35. The number of aliphatic hydroxyl groups is 2. The molecule has 1 aromatic heterocycles. The van der Waals surface area contributed by atoms with Gasteiger partial charge in [-0.2, -0.15) is 0 Å². The van der Waals surface area contributed by atoms with Gasteiger partial charge in [0.2, 0.25) is 0 Å². The number of benzene rings is 1. The number of nitrogens with one attached hydrogen (secondary N) is 2. The predicted molar refractivity (Wildman–Crippen MR) is 110 cm³/mol. The summed E-state index contributed by atoms with van der Waals surface area (Å²) in [5.41, 5.74) is 4.26. The first-order chi connectivity index (χ1) is 13.3. The summed E-state index contributed by atoms with van der Waals surface area (Å²) in [7, 11) is 2.02. The number of rotatable bonds is 4. The number of anilines is 1. The van der Waals surface area contributed by atoms with Crippen molar-refractivity contribution in [1.29, 1.82) is 0 Å². The Bertz CT molecular complexity index is 961. The average Bonchev–Trinajstić information content (AvgIpc) is 3.10. The van der Waals surface area contributed by atoms with Crippen molar-refractivity contribution < 1.29 is 10.2 Å². The molecular formula is C22H29N3O3. The lowest BCUT2D eigenvalue weighted by Gasteiger charge is -2.45. The van der Waals surface area contributed by atoms with Gasteiger partial charge in [-0.1, -0.05) is 51.5 Å². The molecular weight excluding hydrogens is 354 g/mol. The van der Waals surface area contributed by atoms with Crippen LogP contribution in [0.15, 0.2) is 40.8 Å². The van der Waals surface area contributed by atoms with E-state index in [4.69, 9.17) is 0 Å². The van der Waals surface area contributed by atoms with Gasteiger partial charge in [-0.3, -0.25) is 9.89 Å². The van der Waals surface area contributed by atoms with E-state index in [0.717, 1.165) is 23.5 Å². The van der Waals surface area contributed by atoms with Crippen molar-refractivity contribution in [3.8, 4) is 0 Å². The molecule has 0 radical (unpaired) electrons. The maximum atomic E-state index is 12.3. The Morgan fingerprint density at radius 2 is 1.86 bits per heavy atom. The van der Waals surface area contributed by atoms with Gasteiger partial charge >= 0.3 is 0 Å². The highest BCUT2D eigenvalue weighted by Crippen LogP contribution is 2.50. The van der Waals surface area contributed by atoms with Crippen LogP contribution in [0.2, 0.25) is 0 Å². The second-order valence-electron chi connectivity index (χ2n) is 8.56. The van der Waals surface area contributed by atoms with Crippen molar-refractivity contribution in [2.24, 2.45) is 5.92 Å². The number of aromatic nitrogens is 2. The van der Waals surface area contributed by atoms with Crippen LogP contribution in [-0.4, -0.2) is 39.7 Å². The molecule has 1 fully saturated rings. The maximum absolute atomic E-state index is 12.3. The van der Waals surface area contributed by atoms with E-state index in [1.165, 1.54) is 5.56 Å². The van der Waals surface area contributed by atoms with Gasteiger partial charge in [-0.05, 0) is 18.1 Å². The zero-order valence-corrected chi connectivity index (χ0v) is 16.9. The number of para-hydroxylation sites is 1. The quantitative estimate of drug-likeness (QED) is 0.652. The number of aromatic amines is 2. The topological polar surface area (TPSA) is 92.3 Å². The van der Waals surface area contributed by atoms with Crippen molar-refractivity contribution in [1.82, 2.24) is 10.2 Å². The molecule has 4 N–H and O–H groups in total. The summed E-state index contributed by atoms with van der Waals surface area (Å²) in [5.74, 6) is -0.963. The van der Waals surface area contributed by atoms with Crippen LogP contribution in [0.1, 0.15) is 49.9 Å². The van der Waals surface area contributed by atoms with Gasteiger partial charge in [0.15, 0.2) is 0 Å². The first kappa shape index (κ1) is 19.0. The van der Waals surface area contributed by atoms with E-state index in [0.29, 0.717) is 12.0 Å². The number of fused-ring (bicyclic) bond motifs is 1. The standard InChI is InChI=1S/C22H29N3O3/c1-5-8-14-17(21(28)24-23-14)18-19(26)12(20(18)27)11-16-22(2,3)13-9-6-7-10-15(13)25(16)4/h6-7,9-12,18-20,26-27H,5,8H2,1-4H3,(H2,23,24,28)/b16-11+. The average molecular weight is 383 g/mol. The number of aliphatic hydroxyl groups excluding tert-OH is 2. The van der Waals surface area contributed by atoms with Crippen LogP contribution in [0.25, 0.3) is 0 Å². The number of hydrogen-bond donors (Lipinski definition) is 4. The first-order valence-corrected chi connectivity index (χ1v) is 10.00. The number of H-pyrrole nitrogens is 2. The third kappa shape index (κ3) is 2.58. The smallest absolute Gasteiger partial charge is 0.267 e. The molecule has 2 heterocycles. The minimum absolute atomic E-state index is 0.213. The van der Waals surface area contributed by atoms with Gasteiger partial charge in [0.25, 0.3) is 5.56 Å². The molecule has 150 valence electrons. The van der Waals surface area contributed by atoms with Crippen molar-refractivity contribution in [3.63, 3.8) is 0 Å². The summed E-state index contributed by atoms with van der Waals surface area (Å²) < 4.78 is 0. The first-order valence-electron chi connectivity index (χ1n) is 10.00. The van der Waals surface area contributed by atoms with E-state index in [9.17, 15) is 15.0 Å². The third-order valence-electron chi connectivity index (χ3n) is 6.55. The van der Waals surface area contributed by atoms with E-state index in [2.05, 4.69) is 41.1 Å². The van der Waals surface area contributed by atoms with Crippen LogP contribution >= 0.6 is 0 Å². The molecule has 1 aliphatic heterocycles. The molecule has 2 atom stereocenters. The Hall–Kier alpha value is -2.31. The molecule has 1 saturated carbocycles. The number of allylic oxidation sites excluding steroid dienone is 1. The Morgan fingerprint density at radius 1 is 1.18 bits per heavy atom. The summed E-state index contributed by atoms with van der Waals surface area (Å²) in [6, 6.07) is 8.27. The predicted octanol–water partition coefficient (Wildman–Crippen LogP) is 2.40. The van der Waals surface area contributed by atoms with Gasteiger partial charge in [0.1, 0.15) is 0 Å². The molecule has 1 aromatic carbocycles. The van der Waals surface area contributed by atoms with E-state index >= 15 is 0 Å². The molecule has 2 aliphatic rings. The van der Waals surface area contributed by atoms with Crippen molar-refractivity contribution in [2.45, 2.75) is 57.2 Å². The zero-order valence-electron chi connectivity index (χ0n) is 16.9. The minimum Gasteiger partial charge on any atom is -0.392 e. The van der Waals surface area contributed by atoms with Gasteiger partial charge in [0.05, 0.1) is 12.2 Å². The second-order valence-corrected chi connectivity index (χ2v) is 8.56. The number of likely N-dealkylation sites (N-methyl/N-ethyl adjacent to an activating group) is 1. The van der Waals surface area contributed by atoms with Crippen molar-refractivity contribution in [3.05, 3.63) is 63.2 Å². The van der Waals surface area contributed by atoms with Gasteiger partial charge < -0.3 is 20.2 Å². The lowest BCUT2D eigenvalue weighted by Crippen LogP contribution is -2.54. The summed E-state index contributed by atoms with van der Waals surface area (Å²) in [5, 5.41) is 27.2. The Morgan fingerprint density at radius 3 is 2.50 bits per heavy atom. The van der Waals surface area contributed by atoms with Crippen LogP contribution in [0.3, 0.4) is 0 Å². The van der Waals surface area contributed by atoms with E-state index in [1.54, 1.807) is 0 Å². The van der Waals surface area contributed by atoms with Crippen LogP contribution in [-0.2, 0) is 11.8 Å². The Kier molecular flexibility index (Phi) is 4.51. The molecule has 2 unspecified atom stereocenters. The van der Waals surface area contributed by atoms with Crippen LogP contribution in [0.4, 0.5) is 5.69 Å². The number of hydrogen-bond acceptors (Lipinski definition) is 4. The molecule has 0 saturated heterocycles. The van der Waals surface area contributed by atoms with Gasteiger partial charge in [0, 0.05) is 46.9 Å². The Labute approximate surface area is 164 Å². The SMILES string of the molecule is CCCc1[nH][nH]c(=O)c1C1C(O)C(/C=C2/N(C)c3ccccc3C2(C)C)C1O. The van der Waals surface area contributed by atoms with E-state index in [1.807, 2.05) is 32.2 Å². The lowest BCUT2D eigenvalue weighted by molar-refractivity contribution is -0.0953. The third-order valence-corrected chi connectivity index (χ3v) is 6.55. The molecule has 1 aliphatic carbocycles. The maximum Gasteiger partial charge on any atom is 0.267 e. The molecule has 2 aromatic rings. The van der Waals surface area contributed by atoms with Crippen LogP contribution in [0.5, 0.6) is 0 Å². The number of aryl methyl sites for hydroxylation is 1. The summed E-state index contributed by atoms with van der Waals surface area (Å²) in [4.78, 5) is 14.4. The van der Waals surface area contributed by atoms with Crippen LogP contribution in [0, 0.1) is 5.92 Å². The van der Waals surface area contributed by atoms with Crippen molar-refractivity contribution >= 4 is 5.69 Å². The molecule has 0 spiro atoms. The fourth-order valence-electron chi connectivity index (χ4n) is 4.96. The van der Waals surface area contributed by atoms with E-state index < -0.39 is 24.0 Å². The fraction of sp³-hybridized carbons (Fsp3) is 0.500. The molecule has 4 rings (SSSR count). The summed E-state index contributed by atoms with van der Waals surface area (Å²) >= 11 is 0. The van der Waals surface area contributed by atoms with Gasteiger partial charge in [-0.15, -0.1) is 0 Å². The molecule has 6 heteroatoms. The fourth-order valence-corrected chi connectivity index (χ4v) is 4.96. The van der Waals surface area contributed by atoms with Crippen LogP contribution < -0.4 is 10.5 Å². The zero-order chi connectivity index (χ0) is 20.2. The molecule has 6 nitrogen and oxygen atoms in total. The van der Waals surface area contributed by atoms with E-state index in [-0.39, 0.29) is 11.0 Å². The molecule has 0 amide bonds. The monoisotopic (exact) mass is 383 g/mol. The number of nitrogens with zero attached hydrogens (tertiary/aromatic N) is 1. The highest BCUT2D eigenvalue weighted by molar-refractivity contribution is 5.69. The summed E-state index contributed by atoms with van der Waals surface area (Å²) in [6.07, 6.45) is 2.00. The molecule has 0 bridgehead atoms. The minimum atomic E-state index is -0.789. The largest absolute Gasteiger partial charge is 0.392 e. The highest BCUT2D eigenvalue weighted by atomic mass is 16.3. The van der Waals surface area contributed by atoms with Gasteiger partial charge in [-0.25, -0.2) is 0 Å². The molecule has 28 heavy (non-hydrogen) atoms. The highest BCUT2D eigenvalue weighted by Gasteiger charge is 2.52. The lowest BCUT2D eigenvalue weighted by atomic mass is 9.64. The Balaban J connectivity index is 1.65. The van der Waals surface area contributed by atoms with Crippen molar-refractivity contribution in [2.75, 3.05) is 11.9 Å².